The summed E-state index contributed by atoms with van der Waals surface area (Å²) in [6, 6.07) is 19.3. The lowest BCUT2D eigenvalue weighted by Gasteiger charge is -2.14. The molecule has 0 aliphatic heterocycles. The Bertz CT molecular complexity index is 1160. The summed E-state index contributed by atoms with van der Waals surface area (Å²) >= 11 is 0. The highest BCUT2D eigenvalue weighted by Gasteiger charge is 2.16. The molecular formula is C22H18N2. The van der Waals surface area contributed by atoms with Crippen molar-refractivity contribution < 1.29 is 0 Å². The number of aromatic nitrogens is 1. The molecule has 0 fully saturated rings. The Morgan fingerprint density at radius 2 is 1.75 bits per heavy atom. The topological polar surface area (TPSA) is 30.9 Å². The number of allylic oxidation sites excluding steroid dienone is 4. The van der Waals surface area contributed by atoms with Crippen LogP contribution in [0.3, 0.4) is 0 Å². The van der Waals surface area contributed by atoms with E-state index in [1.54, 1.807) is 0 Å². The van der Waals surface area contributed by atoms with Gasteiger partial charge in [-0.05, 0) is 54.0 Å². The van der Waals surface area contributed by atoms with E-state index in [1.165, 1.54) is 38.3 Å². The molecule has 5 rings (SSSR count). The van der Waals surface area contributed by atoms with E-state index in [1.807, 2.05) is 6.07 Å². The molecule has 1 aromatic heterocycles. The van der Waals surface area contributed by atoms with E-state index >= 15 is 0 Å². The highest BCUT2D eigenvalue weighted by Crippen LogP contribution is 2.38. The third kappa shape index (κ3) is 1.83. The Morgan fingerprint density at radius 3 is 2.62 bits per heavy atom. The first-order valence-electron chi connectivity index (χ1n) is 8.40. The minimum atomic E-state index is 0.812. The maximum absolute atomic E-state index is 6.11. The number of nitrogens with two attached hydrogens (primary N) is 1. The Balaban J connectivity index is 2.03. The van der Waals surface area contributed by atoms with Crippen molar-refractivity contribution in [3.8, 4) is 0 Å². The predicted octanol–water partition coefficient (Wildman–Crippen LogP) is 5.72. The van der Waals surface area contributed by atoms with Crippen molar-refractivity contribution in [2.75, 3.05) is 5.73 Å². The molecule has 0 amide bonds. The van der Waals surface area contributed by atoms with Crippen molar-refractivity contribution >= 4 is 44.0 Å². The monoisotopic (exact) mass is 310 g/mol. The molecule has 24 heavy (non-hydrogen) atoms. The normalized spacial score (nSPS) is 14.6. The number of nitrogens with zero attached hydrogens (tertiary/aromatic N) is 1. The average Bonchev–Trinajstić information content (AvgIpc) is 2.96. The minimum absolute atomic E-state index is 0.812. The fourth-order valence-corrected chi connectivity index (χ4v) is 3.89. The van der Waals surface area contributed by atoms with Gasteiger partial charge >= 0.3 is 0 Å². The van der Waals surface area contributed by atoms with E-state index in [-0.39, 0.29) is 0 Å². The molecule has 3 aromatic carbocycles. The first-order valence-corrected chi connectivity index (χ1v) is 8.40. The summed E-state index contributed by atoms with van der Waals surface area (Å²) in [6.45, 7) is 0. The average molecular weight is 310 g/mol. The van der Waals surface area contributed by atoms with Gasteiger partial charge in [0.05, 0.1) is 11.0 Å². The van der Waals surface area contributed by atoms with Gasteiger partial charge < -0.3 is 10.3 Å². The third-order valence-electron chi connectivity index (χ3n) is 4.96. The van der Waals surface area contributed by atoms with Crippen molar-refractivity contribution in [2.24, 2.45) is 0 Å². The fraction of sp³-hybridized carbons (Fsp3) is 0.0909. The van der Waals surface area contributed by atoms with Crippen molar-refractivity contribution in [1.29, 1.82) is 0 Å². The van der Waals surface area contributed by atoms with Gasteiger partial charge in [-0.1, -0.05) is 42.5 Å². The van der Waals surface area contributed by atoms with Crippen LogP contribution in [0.4, 0.5) is 5.69 Å². The summed E-state index contributed by atoms with van der Waals surface area (Å²) < 4.78 is 2.40. The van der Waals surface area contributed by atoms with E-state index in [9.17, 15) is 0 Å². The number of hydrogen-bond donors (Lipinski definition) is 1. The van der Waals surface area contributed by atoms with Crippen molar-refractivity contribution in [2.45, 2.75) is 12.8 Å². The molecule has 1 aliphatic rings. The molecule has 0 spiro atoms. The summed E-state index contributed by atoms with van der Waals surface area (Å²) in [7, 11) is 0. The lowest BCUT2D eigenvalue weighted by Crippen LogP contribution is -1.98. The molecule has 1 heterocycles. The van der Waals surface area contributed by atoms with Gasteiger partial charge in [-0.15, -0.1) is 0 Å². The highest BCUT2D eigenvalue weighted by molar-refractivity contribution is 6.22. The van der Waals surface area contributed by atoms with Crippen LogP contribution in [-0.2, 0) is 0 Å². The zero-order chi connectivity index (χ0) is 16.1. The third-order valence-corrected chi connectivity index (χ3v) is 4.96. The molecule has 0 atom stereocenters. The Labute approximate surface area is 140 Å². The molecule has 2 N–H and O–H groups in total. The first kappa shape index (κ1) is 13.4. The van der Waals surface area contributed by atoms with Crippen LogP contribution < -0.4 is 5.73 Å². The predicted molar refractivity (Wildman–Crippen MR) is 104 cm³/mol. The number of rotatable bonds is 1. The number of hydrogen-bond acceptors (Lipinski definition) is 1. The molecule has 0 bridgehead atoms. The summed E-state index contributed by atoms with van der Waals surface area (Å²) in [5.41, 5.74) is 10.8. The molecule has 1 aliphatic carbocycles. The maximum Gasteiger partial charge on any atom is 0.0544 e. The zero-order valence-corrected chi connectivity index (χ0v) is 13.4. The van der Waals surface area contributed by atoms with Crippen LogP contribution in [-0.4, -0.2) is 4.57 Å². The SMILES string of the molecule is Nc1ccc2c(c1)c1c3ccccc3ccc1n2C1=CC=CCC1. The summed E-state index contributed by atoms with van der Waals surface area (Å²) in [5.74, 6) is 0. The standard InChI is InChI=1S/C22H18N2/c23-16-11-13-20-19(14-16)22-18-9-5-4-6-15(18)10-12-21(22)24(20)17-7-2-1-3-8-17/h1-2,4-7,9-14H,3,8,23H2. The minimum Gasteiger partial charge on any atom is -0.399 e. The molecule has 116 valence electrons. The molecule has 0 unspecified atom stereocenters. The van der Waals surface area contributed by atoms with E-state index in [0.29, 0.717) is 0 Å². The smallest absolute Gasteiger partial charge is 0.0544 e. The Kier molecular flexibility index (Phi) is 2.80. The van der Waals surface area contributed by atoms with Crippen molar-refractivity contribution in [3.63, 3.8) is 0 Å². The molecule has 4 aromatic rings. The number of anilines is 1. The second kappa shape index (κ2) is 5.00. The lowest BCUT2D eigenvalue weighted by atomic mass is 10.0. The van der Waals surface area contributed by atoms with Gasteiger partial charge in [0, 0.05) is 22.2 Å². The molecule has 2 heteroatoms. The quantitative estimate of drug-likeness (QED) is 0.448. The molecule has 0 saturated heterocycles. The molecule has 0 radical (unpaired) electrons. The largest absolute Gasteiger partial charge is 0.399 e. The van der Waals surface area contributed by atoms with Crippen molar-refractivity contribution in [1.82, 2.24) is 4.57 Å². The van der Waals surface area contributed by atoms with Gasteiger partial charge in [-0.2, -0.15) is 0 Å². The Hall–Kier alpha value is -3.00. The van der Waals surface area contributed by atoms with Gasteiger partial charge in [0.15, 0.2) is 0 Å². The second-order valence-corrected chi connectivity index (χ2v) is 6.42. The van der Waals surface area contributed by atoms with Crippen LogP contribution in [0, 0.1) is 0 Å². The number of fused-ring (bicyclic) bond motifs is 5. The second-order valence-electron chi connectivity index (χ2n) is 6.42. The number of benzene rings is 3. The highest BCUT2D eigenvalue weighted by atomic mass is 15.0. The maximum atomic E-state index is 6.11. The molecular weight excluding hydrogens is 292 g/mol. The summed E-state index contributed by atoms with van der Waals surface area (Å²) in [5, 5.41) is 5.09. The number of nitrogen functional groups attached to an aromatic ring is 1. The van der Waals surface area contributed by atoms with Gasteiger partial charge in [0.1, 0.15) is 0 Å². The van der Waals surface area contributed by atoms with Gasteiger partial charge in [0.2, 0.25) is 0 Å². The van der Waals surface area contributed by atoms with Crippen LogP contribution in [0.1, 0.15) is 12.8 Å². The zero-order valence-electron chi connectivity index (χ0n) is 13.4. The Morgan fingerprint density at radius 1 is 0.875 bits per heavy atom. The van der Waals surface area contributed by atoms with Crippen LogP contribution in [0.15, 0.2) is 72.8 Å². The van der Waals surface area contributed by atoms with E-state index < -0.39 is 0 Å². The van der Waals surface area contributed by atoms with Crippen LogP contribution in [0.5, 0.6) is 0 Å². The van der Waals surface area contributed by atoms with Crippen LogP contribution in [0.2, 0.25) is 0 Å². The van der Waals surface area contributed by atoms with Gasteiger partial charge in [0.25, 0.3) is 0 Å². The summed E-state index contributed by atoms with van der Waals surface area (Å²) in [6.07, 6.45) is 8.77. The van der Waals surface area contributed by atoms with Gasteiger partial charge in [-0.25, -0.2) is 0 Å². The van der Waals surface area contributed by atoms with E-state index in [4.69, 9.17) is 5.73 Å². The van der Waals surface area contributed by atoms with Crippen LogP contribution in [0.25, 0.3) is 38.3 Å². The van der Waals surface area contributed by atoms with Crippen LogP contribution >= 0.6 is 0 Å². The van der Waals surface area contributed by atoms with E-state index in [2.05, 4.69) is 71.3 Å². The van der Waals surface area contributed by atoms with Crippen molar-refractivity contribution in [3.05, 3.63) is 72.8 Å². The first-order chi connectivity index (χ1) is 11.8. The van der Waals surface area contributed by atoms with Gasteiger partial charge in [-0.3, -0.25) is 0 Å². The molecule has 0 saturated carbocycles. The lowest BCUT2D eigenvalue weighted by molar-refractivity contribution is 0.979. The fourth-order valence-electron chi connectivity index (χ4n) is 3.89. The van der Waals surface area contributed by atoms with E-state index in [0.717, 1.165) is 18.5 Å². The molecule has 2 nitrogen and oxygen atoms in total. The summed E-state index contributed by atoms with van der Waals surface area (Å²) in [4.78, 5) is 0.